The highest BCUT2D eigenvalue weighted by molar-refractivity contribution is 7.89. The first-order valence-corrected chi connectivity index (χ1v) is 14.0. The van der Waals surface area contributed by atoms with E-state index < -0.39 is 10.0 Å². The SMILES string of the molecule is Cc1ccc(S(=O)(=O)N2CCC(C(=O)N3CCN(C(=O)CCCc4ccccc4)CC3)CC2)cc1. The average molecular weight is 498 g/mol. The van der Waals surface area contributed by atoms with Crippen LogP contribution in [-0.4, -0.2) is 73.6 Å². The minimum atomic E-state index is -3.53. The Morgan fingerprint density at radius 2 is 1.43 bits per heavy atom. The van der Waals surface area contributed by atoms with Crippen LogP contribution in [0.25, 0.3) is 0 Å². The van der Waals surface area contributed by atoms with Gasteiger partial charge in [-0.3, -0.25) is 9.59 Å². The number of carbonyl (C=O) groups excluding carboxylic acids is 2. The van der Waals surface area contributed by atoms with Gasteiger partial charge in [0.25, 0.3) is 0 Å². The highest BCUT2D eigenvalue weighted by Crippen LogP contribution is 2.26. The molecule has 2 aromatic carbocycles. The molecule has 0 atom stereocenters. The smallest absolute Gasteiger partial charge is 0.243 e. The summed E-state index contributed by atoms with van der Waals surface area (Å²) >= 11 is 0. The van der Waals surface area contributed by atoms with Crippen molar-refractivity contribution in [3.05, 3.63) is 65.7 Å². The van der Waals surface area contributed by atoms with Crippen molar-refractivity contribution in [3.63, 3.8) is 0 Å². The highest BCUT2D eigenvalue weighted by Gasteiger charge is 2.35. The monoisotopic (exact) mass is 497 g/mol. The molecule has 188 valence electrons. The number of benzene rings is 2. The Hall–Kier alpha value is -2.71. The molecule has 35 heavy (non-hydrogen) atoms. The van der Waals surface area contributed by atoms with Gasteiger partial charge in [-0.25, -0.2) is 8.42 Å². The molecule has 2 heterocycles. The number of piperazine rings is 1. The second-order valence-corrected chi connectivity index (χ2v) is 11.5. The molecule has 0 N–H and O–H groups in total. The normalized spacial score (nSPS) is 18.0. The Balaban J connectivity index is 1.20. The number of nitrogens with zero attached hydrogens (tertiary/aromatic N) is 3. The maximum atomic E-state index is 13.1. The Labute approximate surface area is 208 Å². The van der Waals surface area contributed by atoms with Crippen LogP contribution in [0, 0.1) is 12.8 Å². The summed E-state index contributed by atoms with van der Waals surface area (Å²) in [5.41, 5.74) is 2.26. The molecule has 7 nitrogen and oxygen atoms in total. The lowest BCUT2D eigenvalue weighted by molar-refractivity contribution is -0.143. The van der Waals surface area contributed by atoms with Crippen LogP contribution >= 0.6 is 0 Å². The second kappa shape index (κ2) is 11.4. The molecule has 2 saturated heterocycles. The van der Waals surface area contributed by atoms with Crippen molar-refractivity contribution in [1.82, 2.24) is 14.1 Å². The van der Waals surface area contributed by atoms with Gasteiger partial charge in [-0.15, -0.1) is 0 Å². The van der Waals surface area contributed by atoms with Crippen LogP contribution in [0.15, 0.2) is 59.5 Å². The standard InChI is InChI=1S/C27H35N3O4S/c1-22-10-12-25(13-11-22)35(33,34)30-16-14-24(15-17-30)27(32)29-20-18-28(19-21-29)26(31)9-5-8-23-6-3-2-4-7-23/h2-4,6-7,10-13,24H,5,8-9,14-21H2,1H3. The quantitative estimate of drug-likeness (QED) is 0.589. The molecule has 0 saturated carbocycles. The van der Waals surface area contributed by atoms with Gasteiger partial charge in [0.05, 0.1) is 4.90 Å². The Morgan fingerprint density at radius 3 is 2.06 bits per heavy atom. The molecule has 0 radical (unpaired) electrons. The van der Waals surface area contributed by atoms with Gasteiger partial charge >= 0.3 is 0 Å². The van der Waals surface area contributed by atoms with Gasteiger partial charge < -0.3 is 9.80 Å². The third-order valence-corrected chi connectivity index (χ3v) is 9.02. The number of carbonyl (C=O) groups is 2. The van der Waals surface area contributed by atoms with Crippen molar-refractivity contribution >= 4 is 21.8 Å². The lowest BCUT2D eigenvalue weighted by atomic mass is 9.96. The summed E-state index contributed by atoms with van der Waals surface area (Å²) in [6, 6.07) is 17.1. The predicted molar refractivity (Wildman–Crippen MR) is 135 cm³/mol. The van der Waals surface area contributed by atoms with Crippen LogP contribution in [0.4, 0.5) is 0 Å². The first-order chi connectivity index (χ1) is 16.8. The topological polar surface area (TPSA) is 78.0 Å². The first kappa shape index (κ1) is 25.4. The summed E-state index contributed by atoms with van der Waals surface area (Å²) in [7, 11) is -3.53. The highest BCUT2D eigenvalue weighted by atomic mass is 32.2. The lowest BCUT2D eigenvalue weighted by Gasteiger charge is -2.38. The summed E-state index contributed by atoms with van der Waals surface area (Å²) in [6.45, 7) is 4.86. The molecule has 2 fully saturated rings. The van der Waals surface area contributed by atoms with E-state index in [2.05, 4.69) is 12.1 Å². The Bertz CT molecular complexity index is 1100. The van der Waals surface area contributed by atoms with Gasteiger partial charge in [0.1, 0.15) is 0 Å². The van der Waals surface area contributed by atoms with Crippen molar-refractivity contribution in [3.8, 4) is 0 Å². The summed E-state index contributed by atoms with van der Waals surface area (Å²) in [5, 5.41) is 0. The molecule has 0 unspecified atom stereocenters. The van der Waals surface area contributed by atoms with Crippen LogP contribution in [-0.2, 0) is 26.0 Å². The van der Waals surface area contributed by atoms with Gasteiger partial charge in [-0.1, -0.05) is 48.0 Å². The molecule has 0 aromatic heterocycles. The molecule has 0 bridgehead atoms. The van der Waals surface area contributed by atoms with Crippen molar-refractivity contribution in [2.45, 2.75) is 43.9 Å². The van der Waals surface area contributed by atoms with E-state index in [1.807, 2.05) is 34.9 Å². The molecule has 0 aliphatic carbocycles. The van der Waals surface area contributed by atoms with Crippen LogP contribution in [0.3, 0.4) is 0 Å². The minimum absolute atomic E-state index is 0.0913. The molecular formula is C27H35N3O4S. The zero-order valence-electron chi connectivity index (χ0n) is 20.4. The number of amides is 2. The van der Waals surface area contributed by atoms with E-state index >= 15 is 0 Å². The van der Waals surface area contributed by atoms with Gasteiger partial charge in [0, 0.05) is 51.6 Å². The van der Waals surface area contributed by atoms with Crippen LogP contribution in [0.1, 0.15) is 36.8 Å². The van der Waals surface area contributed by atoms with Gasteiger partial charge in [0.15, 0.2) is 0 Å². The number of rotatable bonds is 7. The third kappa shape index (κ3) is 6.30. The molecule has 4 rings (SSSR count). The largest absolute Gasteiger partial charge is 0.339 e. The fourth-order valence-corrected chi connectivity index (χ4v) is 6.35. The number of piperidine rings is 1. The van der Waals surface area contributed by atoms with Crippen molar-refractivity contribution in [1.29, 1.82) is 0 Å². The van der Waals surface area contributed by atoms with Crippen LogP contribution < -0.4 is 0 Å². The molecule has 2 aliphatic rings. The maximum Gasteiger partial charge on any atom is 0.243 e. The molecule has 8 heteroatoms. The number of hydrogen-bond acceptors (Lipinski definition) is 4. The maximum absolute atomic E-state index is 13.1. The molecular weight excluding hydrogens is 462 g/mol. The molecule has 2 amide bonds. The van der Waals surface area contributed by atoms with E-state index in [1.54, 1.807) is 24.3 Å². The summed E-state index contributed by atoms with van der Waals surface area (Å²) in [6.07, 6.45) is 3.30. The average Bonchev–Trinajstić information content (AvgIpc) is 2.89. The second-order valence-electron chi connectivity index (χ2n) is 9.54. The third-order valence-electron chi connectivity index (χ3n) is 7.10. The van der Waals surface area contributed by atoms with Gasteiger partial charge in [-0.05, 0) is 50.3 Å². The van der Waals surface area contributed by atoms with E-state index in [-0.39, 0.29) is 17.7 Å². The van der Waals surface area contributed by atoms with E-state index in [4.69, 9.17) is 0 Å². The number of sulfonamides is 1. The van der Waals surface area contributed by atoms with Crippen molar-refractivity contribution in [2.75, 3.05) is 39.3 Å². The molecule has 2 aromatic rings. The van der Waals surface area contributed by atoms with Crippen LogP contribution in [0.5, 0.6) is 0 Å². The zero-order valence-corrected chi connectivity index (χ0v) is 21.3. The number of aryl methyl sites for hydroxylation is 2. The van der Waals surface area contributed by atoms with Crippen molar-refractivity contribution < 1.29 is 18.0 Å². The van der Waals surface area contributed by atoms with E-state index in [0.29, 0.717) is 63.4 Å². The first-order valence-electron chi connectivity index (χ1n) is 12.5. The Kier molecular flexibility index (Phi) is 8.23. The summed E-state index contributed by atoms with van der Waals surface area (Å²) in [4.78, 5) is 29.7. The van der Waals surface area contributed by atoms with Crippen molar-refractivity contribution in [2.24, 2.45) is 5.92 Å². The van der Waals surface area contributed by atoms with Crippen LogP contribution in [0.2, 0.25) is 0 Å². The zero-order chi connectivity index (χ0) is 24.8. The fraction of sp³-hybridized carbons (Fsp3) is 0.481. The minimum Gasteiger partial charge on any atom is -0.339 e. The molecule has 0 spiro atoms. The lowest BCUT2D eigenvalue weighted by Crippen LogP contribution is -2.53. The summed E-state index contributed by atoms with van der Waals surface area (Å²) < 4.78 is 27.3. The van der Waals surface area contributed by atoms with E-state index in [1.165, 1.54) is 9.87 Å². The van der Waals surface area contributed by atoms with E-state index in [9.17, 15) is 18.0 Å². The summed E-state index contributed by atoms with van der Waals surface area (Å²) in [5.74, 6) is 0.0869. The molecule has 2 aliphatic heterocycles. The number of hydrogen-bond donors (Lipinski definition) is 0. The Morgan fingerprint density at radius 1 is 0.829 bits per heavy atom. The van der Waals surface area contributed by atoms with E-state index in [0.717, 1.165) is 18.4 Å². The predicted octanol–water partition coefficient (Wildman–Crippen LogP) is 3.09. The fourth-order valence-electron chi connectivity index (χ4n) is 4.88. The van der Waals surface area contributed by atoms with Gasteiger partial charge in [-0.2, -0.15) is 4.31 Å². The van der Waals surface area contributed by atoms with Gasteiger partial charge in [0.2, 0.25) is 21.8 Å².